The second-order valence-corrected chi connectivity index (χ2v) is 6.73. The molecule has 0 fully saturated rings. The van der Waals surface area contributed by atoms with Gasteiger partial charge in [-0.2, -0.15) is 0 Å². The normalized spacial score (nSPS) is 11.1. The molecule has 2 aromatic heterocycles. The van der Waals surface area contributed by atoms with Crippen molar-refractivity contribution in [2.75, 3.05) is 13.2 Å². The van der Waals surface area contributed by atoms with Gasteiger partial charge in [-0.15, -0.1) is 0 Å². The number of hydrogen-bond acceptors (Lipinski definition) is 5. The van der Waals surface area contributed by atoms with Gasteiger partial charge >= 0.3 is 0 Å². The number of para-hydroxylation sites is 2. The minimum Gasteiger partial charge on any atom is -0.490 e. The second kappa shape index (κ2) is 12.2. The minimum atomic E-state index is 0.415. The molecule has 31 heavy (non-hydrogen) atoms. The highest BCUT2D eigenvalue weighted by molar-refractivity contribution is 5.79. The van der Waals surface area contributed by atoms with Crippen molar-refractivity contribution in [3.63, 3.8) is 0 Å². The van der Waals surface area contributed by atoms with Crippen LogP contribution in [0.2, 0.25) is 0 Å². The van der Waals surface area contributed by atoms with Crippen molar-refractivity contribution in [1.29, 1.82) is 0 Å². The van der Waals surface area contributed by atoms with Gasteiger partial charge in [0, 0.05) is 24.5 Å². The molecule has 2 heterocycles. The van der Waals surface area contributed by atoms with Gasteiger partial charge < -0.3 is 20.1 Å². The number of ether oxygens (including phenoxy) is 2. The van der Waals surface area contributed by atoms with E-state index in [1.165, 1.54) is 0 Å². The molecule has 0 saturated carbocycles. The van der Waals surface area contributed by atoms with Crippen LogP contribution in [0.5, 0.6) is 17.4 Å². The van der Waals surface area contributed by atoms with Gasteiger partial charge in [0.2, 0.25) is 5.88 Å². The molecule has 2 N–H and O–H groups in total. The van der Waals surface area contributed by atoms with E-state index in [-0.39, 0.29) is 0 Å². The molecule has 3 rings (SSSR count). The van der Waals surface area contributed by atoms with Crippen molar-refractivity contribution >= 4 is 5.96 Å². The Balaban J connectivity index is 1.71. The van der Waals surface area contributed by atoms with Crippen LogP contribution in [0.15, 0.2) is 72.0 Å². The number of hydrogen-bond donors (Lipinski definition) is 2. The van der Waals surface area contributed by atoms with Crippen LogP contribution in [0.25, 0.3) is 0 Å². The summed E-state index contributed by atoms with van der Waals surface area (Å²) < 4.78 is 11.9. The molecule has 0 radical (unpaired) electrons. The summed E-state index contributed by atoms with van der Waals surface area (Å²) in [6.07, 6.45) is 4.42. The molecular weight excluding hydrogens is 390 g/mol. The van der Waals surface area contributed by atoms with Crippen LogP contribution >= 0.6 is 0 Å². The Morgan fingerprint density at radius 2 is 1.71 bits per heavy atom. The van der Waals surface area contributed by atoms with Gasteiger partial charge in [0.05, 0.1) is 25.4 Å². The average molecular weight is 420 g/mol. The van der Waals surface area contributed by atoms with E-state index in [2.05, 4.69) is 32.5 Å². The molecule has 0 spiro atoms. The summed E-state index contributed by atoms with van der Waals surface area (Å²) in [7, 11) is 0. The predicted molar refractivity (Wildman–Crippen MR) is 122 cm³/mol. The van der Waals surface area contributed by atoms with E-state index < -0.39 is 0 Å². The van der Waals surface area contributed by atoms with Crippen molar-refractivity contribution in [2.45, 2.75) is 33.4 Å². The summed E-state index contributed by atoms with van der Waals surface area (Å²) in [5.41, 5.74) is 1.82. The van der Waals surface area contributed by atoms with Crippen molar-refractivity contribution < 1.29 is 9.47 Å². The van der Waals surface area contributed by atoms with E-state index in [9.17, 15) is 0 Å². The highest BCUT2D eigenvalue weighted by Crippen LogP contribution is 2.32. The minimum absolute atomic E-state index is 0.415. The Morgan fingerprint density at radius 3 is 2.48 bits per heavy atom. The quantitative estimate of drug-likeness (QED) is 0.376. The zero-order valence-electron chi connectivity index (χ0n) is 18.0. The molecule has 162 valence electrons. The fraction of sp³-hybridized carbons (Fsp3) is 0.292. The van der Waals surface area contributed by atoms with Gasteiger partial charge in [-0.25, -0.2) is 9.98 Å². The summed E-state index contributed by atoms with van der Waals surface area (Å²) in [6, 6.07) is 17.3. The number of aromatic nitrogens is 2. The van der Waals surface area contributed by atoms with Gasteiger partial charge in [0.1, 0.15) is 0 Å². The lowest BCUT2D eigenvalue weighted by molar-refractivity contribution is 0.300. The SMILES string of the molecule is CCCOc1ccccc1Oc1ncccc1CN=C(NCC)NCc1ccccn1. The maximum Gasteiger partial charge on any atom is 0.224 e. The largest absolute Gasteiger partial charge is 0.490 e. The van der Waals surface area contributed by atoms with E-state index >= 15 is 0 Å². The maximum absolute atomic E-state index is 6.10. The van der Waals surface area contributed by atoms with Crippen LogP contribution in [0.1, 0.15) is 31.5 Å². The van der Waals surface area contributed by atoms with Gasteiger partial charge in [-0.1, -0.05) is 31.2 Å². The number of nitrogens with zero attached hydrogens (tertiary/aromatic N) is 3. The molecule has 0 bridgehead atoms. The molecule has 0 aliphatic heterocycles. The zero-order chi connectivity index (χ0) is 21.7. The van der Waals surface area contributed by atoms with Crippen LogP contribution in [-0.2, 0) is 13.1 Å². The topological polar surface area (TPSA) is 80.7 Å². The van der Waals surface area contributed by atoms with E-state index in [4.69, 9.17) is 9.47 Å². The van der Waals surface area contributed by atoms with Crippen molar-refractivity contribution in [1.82, 2.24) is 20.6 Å². The molecule has 0 unspecified atom stereocenters. The Morgan fingerprint density at radius 1 is 0.903 bits per heavy atom. The third-order valence-electron chi connectivity index (χ3n) is 4.28. The Kier molecular flexibility index (Phi) is 8.67. The van der Waals surface area contributed by atoms with Crippen LogP contribution in [0.3, 0.4) is 0 Å². The predicted octanol–water partition coefficient (Wildman–Crippen LogP) is 4.31. The first kappa shape index (κ1) is 22.1. The lowest BCUT2D eigenvalue weighted by Gasteiger charge is -2.14. The van der Waals surface area contributed by atoms with Crippen LogP contribution in [-0.4, -0.2) is 29.1 Å². The molecule has 3 aromatic rings. The first-order valence-corrected chi connectivity index (χ1v) is 10.6. The second-order valence-electron chi connectivity index (χ2n) is 6.73. The Hall–Kier alpha value is -3.61. The third-order valence-corrected chi connectivity index (χ3v) is 4.28. The van der Waals surface area contributed by atoms with Gasteiger partial charge in [-0.3, -0.25) is 4.98 Å². The first-order chi connectivity index (χ1) is 15.3. The number of benzene rings is 1. The number of rotatable bonds is 10. The first-order valence-electron chi connectivity index (χ1n) is 10.6. The fourth-order valence-electron chi connectivity index (χ4n) is 2.79. The molecule has 0 saturated heterocycles. The molecule has 7 heteroatoms. The zero-order valence-corrected chi connectivity index (χ0v) is 18.0. The van der Waals surface area contributed by atoms with E-state index in [1.54, 1.807) is 12.4 Å². The van der Waals surface area contributed by atoms with Crippen molar-refractivity contribution in [2.24, 2.45) is 4.99 Å². The molecular formula is C24H29N5O2. The number of pyridine rings is 2. The highest BCUT2D eigenvalue weighted by Gasteiger charge is 2.10. The summed E-state index contributed by atoms with van der Waals surface area (Å²) in [5.74, 6) is 2.56. The smallest absolute Gasteiger partial charge is 0.224 e. The maximum atomic E-state index is 6.10. The van der Waals surface area contributed by atoms with Crippen LogP contribution in [0.4, 0.5) is 0 Å². The fourth-order valence-corrected chi connectivity index (χ4v) is 2.79. The highest BCUT2D eigenvalue weighted by atomic mass is 16.5. The summed E-state index contributed by atoms with van der Waals surface area (Å²) in [4.78, 5) is 13.4. The standard InChI is InChI=1S/C24H29N5O2/c1-3-16-30-21-12-5-6-13-22(21)31-23-19(10-9-15-27-23)17-28-24(25-4-2)29-18-20-11-7-8-14-26-20/h5-15H,3-4,16-18H2,1-2H3,(H2,25,28,29). The number of guanidine groups is 1. The average Bonchev–Trinajstić information content (AvgIpc) is 2.82. The monoisotopic (exact) mass is 419 g/mol. The van der Waals surface area contributed by atoms with Gasteiger partial charge in [0.15, 0.2) is 17.5 Å². The molecule has 1 aromatic carbocycles. The summed E-state index contributed by atoms with van der Waals surface area (Å²) >= 11 is 0. The third kappa shape index (κ3) is 6.99. The summed E-state index contributed by atoms with van der Waals surface area (Å²) in [6.45, 7) is 6.50. The molecule has 7 nitrogen and oxygen atoms in total. The molecule has 0 aliphatic rings. The number of aliphatic imine (C=N–C) groups is 1. The van der Waals surface area contributed by atoms with Crippen molar-refractivity contribution in [3.05, 3.63) is 78.2 Å². The Bertz CT molecular complexity index is 963. The van der Waals surface area contributed by atoms with Crippen LogP contribution in [0, 0.1) is 0 Å². The molecule has 0 aliphatic carbocycles. The summed E-state index contributed by atoms with van der Waals surface area (Å²) in [5, 5.41) is 6.56. The van der Waals surface area contributed by atoms with E-state index in [0.29, 0.717) is 43.0 Å². The lowest BCUT2D eigenvalue weighted by atomic mass is 10.2. The molecule has 0 amide bonds. The lowest BCUT2D eigenvalue weighted by Crippen LogP contribution is -2.37. The van der Waals surface area contributed by atoms with Gasteiger partial charge in [-0.05, 0) is 43.7 Å². The van der Waals surface area contributed by atoms with E-state index in [0.717, 1.165) is 24.2 Å². The van der Waals surface area contributed by atoms with Crippen molar-refractivity contribution in [3.8, 4) is 17.4 Å². The van der Waals surface area contributed by atoms with Gasteiger partial charge in [0.25, 0.3) is 0 Å². The Labute approximate surface area is 183 Å². The molecule has 0 atom stereocenters. The number of nitrogens with one attached hydrogen (secondary N) is 2. The van der Waals surface area contributed by atoms with E-state index in [1.807, 2.05) is 61.5 Å². The van der Waals surface area contributed by atoms with Crippen LogP contribution < -0.4 is 20.1 Å².